The van der Waals surface area contributed by atoms with Crippen LogP contribution in [0.4, 0.5) is 0 Å². The molecule has 0 spiro atoms. The third kappa shape index (κ3) is 2.57. The quantitative estimate of drug-likeness (QED) is 0.623. The van der Waals surface area contributed by atoms with Crippen molar-refractivity contribution in [2.45, 2.75) is 5.33 Å². The van der Waals surface area contributed by atoms with Crippen molar-refractivity contribution >= 4 is 27.9 Å². The number of carbonyl (C=O) groups is 2. The summed E-state index contributed by atoms with van der Waals surface area (Å²) in [7, 11) is 2.51. The topological polar surface area (TPSA) is 65.5 Å². The second-order valence-electron chi connectivity index (χ2n) is 2.82. The number of halogens is 1. The van der Waals surface area contributed by atoms with E-state index >= 15 is 0 Å². The van der Waals surface area contributed by atoms with Crippen molar-refractivity contribution < 1.29 is 19.1 Å². The zero-order valence-electron chi connectivity index (χ0n) is 8.82. The van der Waals surface area contributed by atoms with E-state index in [1.54, 1.807) is 6.07 Å². The molecule has 1 aromatic heterocycles. The SMILES string of the molecule is COC(=O)c1ccc(CBr)c(C(=O)OC)n1. The molecule has 6 heteroatoms. The minimum atomic E-state index is -0.591. The van der Waals surface area contributed by atoms with E-state index < -0.39 is 11.9 Å². The molecule has 1 rings (SSSR count). The highest BCUT2D eigenvalue weighted by Crippen LogP contribution is 2.13. The summed E-state index contributed by atoms with van der Waals surface area (Å²) in [6.45, 7) is 0. The predicted octanol–water partition coefficient (Wildman–Crippen LogP) is 1.55. The highest BCUT2D eigenvalue weighted by Gasteiger charge is 2.17. The van der Waals surface area contributed by atoms with Gasteiger partial charge in [0.1, 0.15) is 5.69 Å². The fraction of sp³-hybridized carbons (Fsp3) is 0.300. The van der Waals surface area contributed by atoms with Crippen molar-refractivity contribution in [1.82, 2.24) is 4.98 Å². The maximum absolute atomic E-state index is 11.4. The number of esters is 2. The van der Waals surface area contributed by atoms with E-state index in [2.05, 4.69) is 30.4 Å². The molecule has 0 aromatic carbocycles. The van der Waals surface area contributed by atoms with Gasteiger partial charge in [-0.25, -0.2) is 14.6 Å². The predicted molar refractivity (Wildman–Crippen MR) is 59.5 cm³/mol. The minimum Gasteiger partial charge on any atom is -0.464 e. The van der Waals surface area contributed by atoms with Gasteiger partial charge >= 0.3 is 11.9 Å². The molecule has 0 bridgehead atoms. The van der Waals surface area contributed by atoms with Crippen LogP contribution in [0, 0.1) is 0 Å². The van der Waals surface area contributed by atoms with Crippen molar-refractivity contribution in [2.24, 2.45) is 0 Å². The molecule has 16 heavy (non-hydrogen) atoms. The Kier molecular flexibility index (Phi) is 4.42. The molecule has 0 radical (unpaired) electrons. The zero-order chi connectivity index (χ0) is 12.1. The number of carbonyl (C=O) groups excluding carboxylic acids is 2. The fourth-order valence-electron chi connectivity index (χ4n) is 1.09. The minimum absolute atomic E-state index is 0.0765. The standard InChI is InChI=1S/C10H10BrNO4/c1-15-9(13)7-4-3-6(5-11)8(12-7)10(14)16-2/h3-4H,5H2,1-2H3. The third-order valence-electron chi connectivity index (χ3n) is 1.90. The van der Waals surface area contributed by atoms with E-state index in [1.165, 1.54) is 20.3 Å². The highest BCUT2D eigenvalue weighted by atomic mass is 79.9. The number of aromatic nitrogens is 1. The average Bonchev–Trinajstić information content (AvgIpc) is 2.35. The first-order valence-corrected chi connectivity index (χ1v) is 5.48. The summed E-state index contributed by atoms with van der Waals surface area (Å²) in [5, 5.41) is 0.450. The second kappa shape index (κ2) is 5.60. The molecule has 0 saturated heterocycles. The van der Waals surface area contributed by atoms with E-state index in [0.29, 0.717) is 10.9 Å². The van der Waals surface area contributed by atoms with Gasteiger partial charge in [0.2, 0.25) is 0 Å². The van der Waals surface area contributed by atoms with Crippen molar-refractivity contribution in [2.75, 3.05) is 14.2 Å². The molecular formula is C10H10BrNO4. The molecule has 0 aliphatic carbocycles. The Hall–Kier alpha value is -1.43. The second-order valence-corrected chi connectivity index (χ2v) is 3.38. The number of pyridine rings is 1. The van der Waals surface area contributed by atoms with Crippen molar-refractivity contribution in [1.29, 1.82) is 0 Å². The van der Waals surface area contributed by atoms with Gasteiger partial charge in [0.15, 0.2) is 5.69 Å². The monoisotopic (exact) mass is 287 g/mol. The molecular weight excluding hydrogens is 278 g/mol. The van der Waals surface area contributed by atoms with Gasteiger partial charge in [0.05, 0.1) is 14.2 Å². The molecule has 0 atom stereocenters. The van der Waals surface area contributed by atoms with Crippen molar-refractivity contribution in [3.8, 4) is 0 Å². The van der Waals surface area contributed by atoms with Gasteiger partial charge in [-0.05, 0) is 11.6 Å². The first-order valence-electron chi connectivity index (χ1n) is 4.36. The van der Waals surface area contributed by atoms with Gasteiger partial charge in [0.25, 0.3) is 0 Å². The number of methoxy groups -OCH3 is 2. The molecule has 0 saturated carbocycles. The van der Waals surface area contributed by atoms with Gasteiger partial charge in [-0.1, -0.05) is 22.0 Å². The Bertz CT molecular complexity index is 419. The van der Waals surface area contributed by atoms with Crippen LogP contribution in [0.2, 0.25) is 0 Å². The summed E-state index contributed by atoms with van der Waals surface area (Å²) in [4.78, 5) is 26.5. The molecule has 0 fully saturated rings. The number of rotatable bonds is 3. The number of hydrogen-bond donors (Lipinski definition) is 0. The Morgan fingerprint density at radius 2 is 1.88 bits per heavy atom. The Morgan fingerprint density at radius 3 is 2.38 bits per heavy atom. The number of hydrogen-bond acceptors (Lipinski definition) is 5. The summed E-state index contributed by atoms with van der Waals surface area (Å²) in [5.41, 5.74) is 0.842. The Labute approximate surface area is 101 Å². The lowest BCUT2D eigenvalue weighted by Gasteiger charge is -2.06. The molecule has 5 nitrogen and oxygen atoms in total. The first-order chi connectivity index (χ1) is 7.63. The molecule has 1 aromatic rings. The molecule has 0 unspecified atom stereocenters. The van der Waals surface area contributed by atoms with Crippen LogP contribution >= 0.6 is 15.9 Å². The van der Waals surface area contributed by atoms with Crippen LogP contribution < -0.4 is 0 Å². The Balaban J connectivity index is 3.21. The maximum Gasteiger partial charge on any atom is 0.356 e. The molecule has 0 aliphatic heterocycles. The molecule has 0 N–H and O–H groups in total. The maximum atomic E-state index is 11.4. The largest absolute Gasteiger partial charge is 0.464 e. The van der Waals surface area contributed by atoms with Gasteiger partial charge in [-0.3, -0.25) is 0 Å². The number of nitrogens with zero attached hydrogens (tertiary/aromatic N) is 1. The molecule has 86 valence electrons. The van der Waals surface area contributed by atoms with Crippen LogP contribution in [0.5, 0.6) is 0 Å². The molecule has 0 aliphatic rings. The lowest BCUT2D eigenvalue weighted by atomic mass is 10.2. The summed E-state index contributed by atoms with van der Waals surface area (Å²) in [5.74, 6) is -1.17. The third-order valence-corrected chi connectivity index (χ3v) is 2.50. The normalized spacial score (nSPS) is 9.69. The van der Waals surface area contributed by atoms with E-state index in [0.717, 1.165) is 0 Å². The van der Waals surface area contributed by atoms with Crippen LogP contribution in [0.25, 0.3) is 0 Å². The van der Waals surface area contributed by atoms with Crippen LogP contribution in [0.15, 0.2) is 12.1 Å². The Morgan fingerprint density at radius 1 is 1.25 bits per heavy atom. The number of alkyl halides is 1. The summed E-state index contributed by atoms with van der Waals surface area (Å²) in [6.07, 6.45) is 0. The first kappa shape index (κ1) is 12.6. The van der Waals surface area contributed by atoms with Crippen LogP contribution in [-0.2, 0) is 14.8 Å². The summed E-state index contributed by atoms with van der Waals surface area (Å²) < 4.78 is 9.09. The van der Waals surface area contributed by atoms with Crippen molar-refractivity contribution in [3.63, 3.8) is 0 Å². The summed E-state index contributed by atoms with van der Waals surface area (Å²) in [6, 6.07) is 3.12. The van der Waals surface area contributed by atoms with E-state index in [9.17, 15) is 9.59 Å². The average molecular weight is 288 g/mol. The highest BCUT2D eigenvalue weighted by molar-refractivity contribution is 9.08. The zero-order valence-corrected chi connectivity index (χ0v) is 10.4. The van der Waals surface area contributed by atoms with Gasteiger partial charge in [-0.15, -0.1) is 0 Å². The van der Waals surface area contributed by atoms with Crippen LogP contribution in [0.1, 0.15) is 26.5 Å². The van der Waals surface area contributed by atoms with Gasteiger partial charge in [-0.2, -0.15) is 0 Å². The van der Waals surface area contributed by atoms with E-state index in [1.807, 2.05) is 0 Å². The van der Waals surface area contributed by atoms with Gasteiger partial charge in [0, 0.05) is 5.33 Å². The van der Waals surface area contributed by atoms with E-state index in [-0.39, 0.29) is 11.4 Å². The smallest absolute Gasteiger partial charge is 0.356 e. The lowest BCUT2D eigenvalue weighted by molar-refractivity contribution is 0.0585. The number of ether oxygens (including phenoxy) is 2. The molecule has 1 heterocycles. The lowest BCUT2D eigenvalue weighted by Crippen LogP contribution is -2.13. The van der Waals surface area contributed by atoms with Gasteiger partial charge < -0.3 is 9.47 Å². The van der Waals surface area contributed by atoms with Crippen molar-refractivity contribution in [3.05, 3.63) is 29.1 Å². The molecule has 0 amide bonds. The van der Waals surface area contributed by atoms with E-state index in [4.69, 9.17) is 0 Å². The van der Waals surface area contributed by atoms with Crippen LogP contribution in [-0.4, -0.2) is 31.1 Å². The fourth-order valence-corrected chi connectivity index (χ4v) is 1.54. The summed E-state index contributed by atoms with van der Waals surface area (Å²) >= 11 is 3.22. The van der Waals surface area contributed by atoms with Crippen LogP contribution in [0.3, 0.4) is 0 Å².